The minimum Gasteiger partial charge on any atom is -0.495 e. The van der Waals surface area contributed by atoms with Crippen LogP contribution in [0.5, 0.6) is 5.75 Å². The number of carbonyl (C=O) groups is 1. The molecule has 0 fully saturated rings. The summed E-state index contributed by atoms with van der Waals surface area (Å²) in [6, 6.07) is 5.91. The van der Waals surface area contributed by atoms with Gasteiger partial charge >= 0.3 is 11.1 Å². The van der Waals surface area contributed by atoms with Crippen molar-refractivity contribution < 1.29 is 18.7 Å². The summed E-state index contributed by atoms with van der Waals surface area (Å²) < 4.78 is 23.7. The first-order valence-corrected chi connectivity index (χ1v) is 5.49. The van der Waals surface area contributed by atoms with E-state index in [1.807, 2.05) is 0 Å². The fourth-order valence-corrected chi connectivity index (χ4v) is 1.62. The first-order chi connectivity index (χ1) is 8.48. The number of halogens is 2. The van der Waals surface area contributed by atoms with E-state index in [0.717, 1.165) is 0 Å². The van der Waals surface area contributed by atoms with Crippen molar-refractivity contribution in [3.8, 4) is 11.8 Å². The minimum atomic E-state index is -2.91. The Hall–Kier alpha value is -1.80. The van der Waals surface area contributed by atoms with Gasteiger partial charge in [-0.25, -0.2) is 9.18 Å². The Balaban J connectivity index is 3.33. The molecule has 0 heterocycles. The van der Waals surface area contributed by atoms with E-state index in [1.54, 1.807) is 6.07 Å². The van der Waals surface area contributed by atoms with Crippen LogP contribution < -0.4 is 4.74 Å². The molecular weight excluding hydrogens is 261 g/mol. The van der Waals surface area contributed by atoms with Crippen LogP contribution in [0.1, 0.15) is 18.1 Å². The van der Waals surface area contributed by atoms with Crippen LogP contribution >= 0.6 is 11.6 Å². The van der Waals surface area contributed by atoms with Gasteiger partial charge in [-0.2, -0.15) is 5.26 Å². The van der Waals surface area contributed by atoms with Crippen LogP contribution in [0.2, 0.25) is 0 Å². The minimum absolute atomic E-state index is 0.0108. The van der Waals surface area contributed by atoms with Gasteiger partial charge in [0.25, 0.3) is 0 Å². The van der Waals surface area contributed by atoms with Gasteiger partial charge in [0.2, 0.25) is 0 Å². The number of hydrogen-bond donors (Lipinski definition) is 0. The van der Waals surface area contributed by atoms with Crippen molar-refractivity contribution in [1.82, 2.24) is 0 Å². The summed E-state index contributed by atoms with van der Waals surface area (Å²) in [5.41, 5.74) is -0.421. The van der Waals surface area contributed by atoms with Crippen molar-refractivity contribution in [2.45, 2.75) is 12.1 Å². The Bertz CT molecular complexity index is 497. The highest BCUT2D eigenvalue weighted by molar-refractivity contribution is 6.32. The molecule has 0 saturated carbocycles. The Morgan fingerprint density at radius 2 is 2.28 bits per heavy atom. The third-order valence-corrected chi connectivity index (χ3v) is 2.59. The van der Waals surface area contributed by atoms with Gasteiger partial charge in [-0.3, -0.25) is 0 Å². The van der Waals surface area contributed by atoms with E-state index in [4.69, 9.17) is 21.6 Å². The second kappa shape index (κ2) is 5.69. The number of ether oxygens (including phenoxy) is 2. The predicted molar refractivity (Wildman–Crippen MR) is 63.0 cm³/mol. The fraction of sp³-hybridized carbons (Fsp3) is 0.333. The molecule has 0 aliphatic rings. The molecule has 1 aromatic rings. The third kappa shape index (κ3) is 2.54. The van der Waals surface area contributed by atoms with Crippen LogP contribution in [0.4, 0.5) is 4.39 Å². The molecule has 1 atom stereocenters. The highest BCUT2D eigenvalue weighted by Crippen LogP contribution is 2.37. The van der Waals surface area contributed by atoms with Crippen molar-refractivity contribution in [3.63, 3.8) is 0 Å². The van der Waals surface area contributed by atoms with Crippen molar-refractivity contribution in [1.29, 1.82) is 5.26 Å². The van der Waals surface area contributed by atoms with Crippen LogP contribution in [0.15, 0.2) is 18.2 Å². The number of methoxy groups -OCH3 is 1. The molecule has 6 heteroatoms. The van der Waals surface area contributed by atoms with E-state index in [-0.39, 0.29) is 23.5 Å². The lowest BCUT2D eigenvalue weighted by Gasteiger charge is -2.18. The van der Waals surface area contributed by atoms with Crippen molar-refractivity contribution in [2.24, 2.45) is 0 Å². The standard InChI is InChI=1S/C12H11ClFNO3/c1-3-18-11(16)12(13,14)9-5-4-6-10(17-2)8(9)7-15/h4-6H,3H2,1-2H3. The molecule has 1 rings (SSSR count). The summed E-state index contributed by atoms with van der Waals surface area (Å²) in [5.74, 6) is -1.11. The van der Waals surface area contributed by atoms with Gasteiger partial charge in [-0.1, -0.05) is 23.7 Å². The fourth-order valence-electron chi connectivity index (χ4n) is 1.41. The van der Waals surface area contributed by atoms with Crippen LogP contribution in [-0.2, 0) is 14.7 Å². The summed E-state index contributed by atoms with van der Waals surface area (Å²) in [6.07, 6.45) is 0. The highest BCUT2D eigenvalue weighted by Gasteiger charge is 2.42. The molecule has 0 bridgehead atoms. The molecular formula is C12H11ClFNO3. The maximum Gasteiger partial charge on any atom is 0.364 e. The number of nitriles is 1. The van der Waals surface area contributed by atoms with Gasteiger partial charge < -0.3 is 9.47 Å². The number of benzene rings is 1. The summed E-state index contributed by atoms with van der Waals surface area (Å²) in [4.78, 5) is 11.5. The lowest BCUT2D eigenvalue weighted by molar-refractivity contribution is -0.152. The summed E-state index contributed by atoms with van der Waals surface area (Å²) in [6.45, 7) is 1.52. The third-order valence-electron chi connectivity index (χ3n) is 2.23. The molecule has 1 aromatic carbocycles. The quantitative estimate of drug-likeness (QED) is 0.623. The number of esters is 1. The molecule has 0 saturated heterocycles. The molecule has 1 unspecified atom stereocenters. The van der Waals surface area contributed by atoms with Gasteiger partial charge in [-0.05, 0) is 13.0 Å². The molecule has 96 valence electrons. The van der Waals surface area contributed by atoms with E-state index in [2.05, 4.69) is 4.74 Å². The molecule has 0 amide bonds. The Labute approximate surface area is 109 Å². The smallest absolute Gasteiger partial charge is 0.364 e. The zero-order valence-corrected chi connectivity index (χ0v) is 10.6. The Kier molecular flexibility index (Phi) is 4.51. The average Bonchev–Trinajstić information content (AvgIpc) is 2.37. The molecule has 4 nitrogen and oxygen atoms in total. The van der Waals surface area contributed by atoms with E-state index in [1.165, 1.54) is 32.2 Å². The van der Waals surface area contributed by atoms with Crippen LogP contribution in [0, 0.1) is 11.3 Å². The van der Waals surface area contributed by atoms with Crippen LogP contribution in [0.3, 0.4) is 0 Å². The number of nitrogens with zero attached hydrogens (tertiary/aromatic N) is 1. The van der Waals surface area contributed by atoms with E-state index >= 15 is 0 Å². The van der Waals surface area contributed by atoms with E-state index < -0.39 is 11.1 Å². The predicted octanol–water partition coefficient (Wildman–Crippen LogP) is 2.49. The number of carbonyl (C=O) groups excluding carboxylic acids is 1. The van der Waals surface area contributed by atoms with Crippen molar-refractivity contribution >= 4 is 17.6 Å². The monoisotopic (exact) mass is 271 g/mol. The molecule has 0 spiro atoms. The molecule has 0 aliphatic heterocycles. The Morgan fingerprint density at radius 1 is 1.61 bits per heavy atom. The van der Waals surface area contributed by atoms with Gasteiger partial charge in [0.1, 0.15) is 17.4 Å². The molecule has 0 radical (unpaired) electrons. The molecule has 18 heavy (non-hydrogen) atoms. The highest BCUT2D eigenvalue weighted by atomic mass is 35.5. The van der Waals surface area contributed by atoms with Crippen LogP contribution in [-0.4, -0.2) is 19.7 Å². The largest absolute Gasteiger partial charge is 0.495 e. The lowest BCUT2D eigenvalue weighted by Crippen LogP contribution is -2.28. The van der Waals surface area contributed by atoms with Crippen molar-refractivity contribution in [2.75, 3.05) is 13.7 Å². The maximum atomic E-state index is 14.3. The normalized spacial score (nSPS) is 13.3. The maximum absolute atomic E-state index is 14.3. The first kappa shape index (κ1) is 14.3. The number of hydrogen-bond acceptors (Lipinski definition) is 4. The molecule has 0 aliphatic carbocycles. The lowest BCUT2D eigenvalue weighted by atomic mass is 10.0. The zero-order valence-electron chi connectivity index (χ0n) is 9.87. The average molecular weight is 272 g/mol. The SMILES string of the molecule is CCOC(=O)C(F)(Cl)c1cccc(OC)c1C#N. The number of alkyl halides is 2. The van der Waals surface area contributed by atoms with E-state index in [9.17, 15) is 9.18 Å². The molecule has 0 N–H and O–H groups in total. The van der Waals surface area contributed by atoms with Gasteiger partial charge in [0.15, 0.2) is 0 Å². The molecule has 0 aromatic heterocycles. The summed E-state index contributed by atoms with van der Waals surface area (Å²) in [5, 5.41) is 6.09. The van der Waals surface area contributed by atoms with Gasteiger partial charge in [0.05, 0.1) is 13.7 Å². The Morgan fingerprint density at radius 3 is 2.78 bits per heavy atom. The van der Waals surface area contributed by atoms with Gasteiger partial charge in [-0.15, -0.1) is 0 Å². The van der Waals surface area contributed by atoms with Crippen LogP contribution in [0.25, 0.3) is 0 Å². The number of rotatable bonds is 4. The summed E-state index contributed by atoms with van der Waals surface area (Å²) >= 11 is 5.56. The second-order valence-corrected chi connectivity index (χ2v) is 3.81. The van der Waals surface area contributed by atoms with E-state index in [0.29, 0.717) is 0 Å². The first-order valence-electron chi connectivity index (χ1n) is 5.11. The topological polar surface area (TPSA) is 59.3 Å². The van der Waals surface area contributed by atoms with Crippen molar-refractivity contribution in [3.05, 3.63) is 29.3 Å². The second-order valence-electron chi connectivity index (χ2n) is 3.29. The van der Waals surface area contributed by atoms with Gasteiger partial charge in [0, 0.05) is 5.56 Å². The zero-order chi connectivity index (χ0) is 13.8. The summed E-state index contributed by atoms with van der Waals surface area (Å²) in [7, 11) is 1.33.